The third-order valence-electron chi connectivity index (χ3n) is 7.46. The maximum atomic E-state index is 13.5. The van der Waals surface area contributed by atoms with Crippen LogP contribution in [0.3, 0.4) is 0 Å². The van der Waals surface area contributed by atoms with E-state index in [2.05, 4.69) is 68.7 Å². The van der Waals surface area contributed by atoms with Gasteiger partial charge in [0, 0.05) is 18.1 Å². The number of piperidine rings is 1. The lowest BCUT2D eigenvalue weighted by atomic mass is 9.88. The molecule has 188 valence electrons. The SMILES string of the molecule is COCCn1nnnc1C(c1cc2c(C)ccc(C)c2[nH]c1=O)N1CCC(Cc2ccccc2)CC1. The normalized spacial score (nSPS) is 16.0. The second-order valence-corrected chi connectivity index (χ2v) is 9.87. The number of hydrogen-bond acceptors (Lipinski definition) is 6. The van der Waals surface area contributed by atoms with E-state index >= 15 is 0 Å². The molecule has 0 radical (unpaired) electrons. The zero-order valence-corrected chi connectivity index (χ0v) is 21.3. The number of ether oxygens (including phenoxy) is 1. The Labute approximate surface area is 211 Å². The molecule has 0 saturated carbocycles. The zero-order valence-electron chi connectivity index (χ0n) is 21.3. The number of rotatable bonds is 8. The number of likely N-dealkylation sites (tertiary alicyclic amines) is 1. The highest BCUT2D eigenvalue weighted by Gasteiger charge is 2.33. The van der Waals surface area contributed by atoms with Gasteiger partial charge in [-0.15, -0.1) is 5.10 Å². The molecule has 1 aliphatic rings. The van der Waals surface area contributed by atoms with Crippen molar-refractivity contribution in [1.82, 2.24) is 30.1 Å². The molecule has 3 heterocycles. The third kappa shape index (κ3) is 4.96. The Morgan fingerprint density at radius 1 is 1.08 bits per heavy atom. The quantitative estimate of drug-likeness (QED) is 0.407. The summed E-state index contributed by atoms with van der Waals surface area (Å²) in [4.78, 5) is 19.1. The summed E-state index contributed by atoms with van der Waals surface area (Å²) in [6.45, 7) is 6.89. The van der Waals surface area contributed by atoms with Crippen LogP contribution in [-0.4, -0.2) is 56.9 Å². The fraction of sp³-hybridized carbons (Fsp3) is 0.429. The Balaban J connectivity index is 1.50. The number of methoxy groups -OCH3 is 1. The first-order chi connectivity index (χ1) is 17.5. The summed E-state index contributed by atoms with van der Waals surface area (Å²) in [5.41, 5.74) is 5.06. The number of hydrogen-bond donors (Lipinski definition) is 1. The lowest BCUT2D eigenvalue weighted by Crippen LogP contribution is -2.41. The van der Waals surface area contributed by atoms with Gasteiger partial charge in [-0.3, -0.25) is 9.69 Å². The van der Waals surface area contributed by atoms with Crippen molar-refractivity contribution in [2.75, 3.05) is 26.8 Å². The van der Waals surface area contributed by atoms with Gasteiger partial charge in [0.1, 0.15) is 6.04 Å². The summed E-state index contributed by atoms with van der Waals surface area (Å²) in [6, 6.07) is 16.6. The van der Waals surface area contributed by atoms with Crippen molar-refractivity contribution in [3.63, 3.8) is 0 Å². The van der Waals surface area contributed by atoms with E-state index in [4.69, 9.17) is 4.74 Å². The summed E-state index contributed by atoms with van der Waals surface area (Å²) < 4.78 is 7.06. The Bertz CT molecular complexity index is 1370. The highest BCUT2D eigenvalue weighted by molar-refractivity contribution is 5.85. The Kier molecular flexibility index (Phi) is 7.25. The lowest BCUT2D eigenvalue weighted by Gasteiger charge is -2.37. The van der Waals surface area contributed by atoms with Gasteiger partial charge < -0.3 is 9.72 Å². The molecule has 1 fully saturated rings. The molecular formula is C28H34N6O2. The van der Waals surface area contributed by atoms with Gasteiger partial charge in [-0.25, -0.2) is 4.68 Å². The van der Waals surface area contributed by atoms with Gasteiger partial charge in [0.25, 0.3) is 5.56 Å². The molecule has 1 aliphatic heterocycles. The first-order valence-electron chi connectivity index (χ1n) is 12.7. The molecule has 8 heteroatoms. The number of fused-ring (bicyclic) bond motifs is 1. The third-order valence-corrected chi connectivity index (χ3v) is 7.46. The van der Waals surface area contributed by atoms with Crippen LogP contribution in [-0.2, 0) is 17.7 Å². The second-order valence-electron chi connectivity index (χ2n) is 9.87. The van der Waals surface area contributed by atoms with E-state index in [1.807, 2.05) is 19.1 Å². The van der Waals surface area contributed by atoms with Gasteiger partial charge in [-0.1, -0.05) is 42.5 Å². The van der Waals surface area contributed by atoms with E-state index in [1.165, 1.54) is 5.56 Å². The molecule has 0 amide bonds. The van der Waals surface area contributed by atoms with Crippen molar-refractivity contribution >= 4 is 10.9 Å². The number of aromatic nitrogens is 5. The van der Waals surface area contributed by atoms with Crippen LogP contribution in [0.15, 0.2) is 53.3 Å². The van der Waals surface area contributed by atoms with Gasteiger partial charge in [0.2, 0.25) is 0 Å². The summed E-state index contributed by atoms with van der Waals surface area (Å²) in [5.74, 6) is 1.30. The van der Waals surface area contributed by atoms with Gasteiger partial charge in [-0.05, 0) is 85.3 Å². The molecule has 36 heavy (non-hydrogen) atoms. The molecule has 8 nitrogen and oxygen atoms in total. The predicted octanol–water partition coefficient (Wildman–Crippen LogP) is 3.82. The maximum Gasteiger partial charge on any atom is 0.253 e. The fourth-order valence-corrected chi connectivity index (χ4v) is 5.40. The molecule has 4 aromatic rings. The summed E-state index contributed by atoms with van der Waals surface area (Å²) in [6.07, 6.45) is 3.21. The topological polar surface area (TPSA) is 88.9 Å². The van der Waals surface area contributed by atoms with Crippen molar-refractivity contribution in [2.24, 2.45) is 5.92 Å². The summed E-state index contributed by atoms with van der Waals surface area (Å²) in [7, 11) is 1.66. The number of aryl methyl sites for hydroxylation is 2. The molecule has 0 bridgehead atoms. The maximum absolute atomic E-state index is 13.5. The van der Waals surface area contributed by atoms with Gasteiger partial charge in [-0.2, -0.15) is 0 Å². The van der Waals surface area contributed by atoms with E-state index < -0.39 is 0 Å². The molecule has 2 aromatic carbocycles. The second kappa shape index (κ2) is 10.7. The first kappa shape index (κ1) is 24.3. The van der Waals surface area contributed by atoms with Crippen molar-refractivity contribution in [2.45, 2.75) is 45.7 Å². The average molecular weight is 487 g/mol. The van der Waals surface area contributed by atoms with Crippen molar-refractivity contribution in [3.8, 4) is 0 Å². The number of tetrazole rings is 1. The molecular weight excluding hydrogens is 452 g/mol. The zero-order chi connectivity index (χ0) is 25.1. The number of pyridine rings is 1. The van der Waals surface area contributed by atoms with Crippen LogP contribution in [0.1, 0.15) is 47.0 Å². The van der Waals surface area contributed by atoms with Crippen LogP contribution in [0.2, 0.25) is 0 Å². The molecule has 1 unspecified atom stereocenters. The predicted molar refractivity (Wildman–Crippen MR) is 140 cm³/mol. The Morgan fingerprint density at radius 3 is 2.58 bits per heavy atom. The minimum atomic E-state index is -0.331. The fourth-order valence-electron chi connectivity index (χ4n) is 5.40. The highest BCUT2D eigenvalue weighted by atomic mass is 16.5. The van der Waals surface area contributed by atoms with Gasteiger partial charge in [0.15, 0.2) is 5.82 Å². The minimum Gasteiger partial charge on any atom is -0.383 e. The molecule has 2 aromatic heterocycles. The van der Waals surface area contributed by atoms with Crippen LogP contribution < -0.4 is 5.56 Å². The molecule has 5 rings (SSSR count). The molecule has 0 spiro atoms. The van der Waals surface area contributed by atoms with Crippen LogP contribution in [0.25, 0.3) is 10.9 Å². The minimum absolute atomic E-state index is 0.0890. The number of nitrogens with one attached hydrogen (secondary N) is 1. The standard InChI is InChI=1S/C28H34N6O2/c1-19-9-10-20(2)25-23(19)18-24(28(35)29-25)26(27-30-31-32-34(27)15-16-36-3)33-13-11-22(12-14-33)17-21-7-5-4-6-8-21/h4-10,18,22,26H,11-17H2,1-3H3,(H,29,35). The monoisotopic (exact) mass is 486 g/mol. The Morgan fingerprint density at radius 2 is 1.83 bits per heavy atom. The number of nitrogens with zero attached hydrogens (tertiary/aromatic N) is 5. The van der Waals surface area contributed by atoms with E-state index in [0.29, 0.717) is 30.5 Å². The van der Waals surface area contributed by atoms with Crippen LogP contribution in [0, 0.1) is 19.8 Å². The first-order valence-corrected chi connectivity index (χ1v) is 12.7. The molecule has 1 N–H and O–H groups in total. The largest absolute Gasteiger partial charge is 0.383 e. The lowest BCUT2D eigenvalue weighted by molar-refractivity contribution is 0.138. The molecule has 1 saturated heterocycles. The van der Waals surface area contributed by atoms with Crippen molar-refractivity contribution in [1.29, 1.82) is 0 Å². The van der Waals surface area contributed by atoms with Crippen LogP contribution in [0.5, 0.6) is 0 Å². The average Bonchev–Trinajstić information content (AvgIpc) is 3.35. The number of aromatic amines is 1. The molecule has 1 atom stereocenters. The van der Waals surface area contributed by atoms with E-state index in [1.54, 1.807) is 11.8 Å². The number of benzene rings is 2. The van der Waals surface area contributed by atoms with E-state index in [0.717, 1.165) is 54.4 Å². The summed E-state index contributed by atoms with van der Waals surface area (Å²) in [5, 5.41) is 13.7. The van der Waals surface area contributed by atoms with Gasteiger partial charge >= 0.3 is 0 Å². The smallest absolute Gasteiger partial charge is 0.253 e. The van der Waals surface area contributed by atoms with Crippen LogP contribution >= 0.6 is 0 Å². The van der Waals surface area contributed by atoms with Crippen molar-refractivity contribution in [3.05, 3.63) is 87.0 Å². The van der Waals surface area contributed by atoms with Gasteiger partial charge in [0.05, 0.1) is 18.7 Å². The number of H-pyrrole nitrogens is 1. The van der Waals surface area contributed by atoms with Crippen LogP contribution in [0.4, 0.5) is 0 Å². The van der Waals surface area contributed by atoms with E-state index in [9.17, 15) is 4.79 Å². The summed E-state index contributed by atoms with van der Waals surface area (Å²) >= 11 is 0. The Hall–Kier alpha value is -3.36. The van der Waals surface area contributed by atoms with Crippen molar-refractivity contribution < 1.29 is 4.74 Å². The molecule has 0 aliphatic carbocycles. The van der Waals surface area contributed by atoms with E-state index in [-0.39, 0.29) is 11.6 Å². The highest BCUT2D eigenvalue weighted by Crippen LogP contribution is 2.32.